The molecule has 0 aliphatic rings. The molecule has 6 nitrogen and oxygen atoms in total. The Kier molecular flexibility index (Phi) is 4.48. The van der Waals surface area contributed by atoms with Crippen molar-refractivity contribution in [3.8, 4) is 0 Å². The number of benzene rings is 1. The Morgan fingerprint density at radius 3 is 2.56 bits per heavy atom. The molecule has 9 heteroatoms. The summed E-state index contributed by atoms with van der Waals surface area (Å²) in [6.07, 6.45) is -3.15. The van der Waals surface area contributed by atoms with Gasteiger partial charge in [-0.1, -0.05) is 0 Å². The smallest absolute Gasteiger partial charge is 0.350 e. The first kappa shape index (κ1) is 14.2. The van der Waals surface area contributed by atoms with Gasteiger partial charge >= 0.3 is 6.03 Å². The summed E-state index contributed by atoms with van der Waals surface area (Å²) in [7, 11) is 0. The molecule has 0 unspecified atom stereocenters. The molecule has 0 aliphatic carbocycles. The van der Waals surface area contributed by atoms with Gasteiger partial charge in [-0.3, -0.25) is 5.43 Å². The fraction of sp³-hybridized carbons (Fsp3) is 0.222. The lowest BCUT2D eigenvalue weighted by Gasteiger charge is -2.20. The first-order valence-electron chi connectivity index (χ1n) is 4.69. The number of hydrogen-bond acceptors (Lipinski definition) is 4. The fourth-order valence-electron chi connectivity index (χ4n) is 1.43. The van der Waals surface area contributed by atoms with Crippen LogP contribution in [0.4, 0.5) is 23.7 Å². The van der Waals surface area contributed by atoms with Crippen molar-refractivity contribution < 1.29 is 23.1 Å². The summed E-state index contributed by atoms with van der Waals surface area (Å²) in [6.45, 7) is -0.904. The number of hydrazine groups is 2. The van der Waals surface area contributed by atoms with Gasteiger partial charge in [-0.05, 0) is 12.1 Å². The molecule has 18 heavy (non-hydrogen) atoms. The number of aliphatic hydroxyl groups excluding tert-OH is 1. The van der Waals surface area contributed by atoms with Crippen LogP contribution < -0.4 is 22.1 Å². The molecule has 2 amide bonds. The minimum atomic E-state index is -3.15. The topological polar surface area (TPSA) is 105 Å². The van der Waals surface area contributed by atoms with E-state index < -0.39 is 36.0 Å². The van der Waals surface area contributed by atoms with Gasteiger partial charge in [0.2, 0.25) is 0 Å². The number of amides is 2. The van der Waals surface area contributed by atoms with Gasteiger partial charge in [-0.15, -0.1) is 0 Å². The first-order chi connectivity index (χ1) is 8.43. The van der Waals surface area contributed by atoms with E-state index in [1.54, 1.807) is 5.43 Å². The quantitative estimate of drug-likeness (QED) is 0.363. The van der Waals surface area contributed by atoms with Crippen molar-refractivity contribution in [2.75, 3.05) is 5.01 Å². The fourth-order valence-corrected chi connectivity index (χ4v) is 1.43. The summed E-state index contributed by atoms with van der Waals surface area (Å²) in [6, 6.07) is 0.707. The summed E-state index contributed by atoms with van der Waals surface area (Å²) < 4.78 is 38.6. The van der Waals surface area contributed by atoms with E-state index in [0.717, 1.165) is 12.1 Å². The molecule has 1 rings (SSSR count). The number of nitrogens with one attached hydrogen (secondary N) is 1. The van der Waals surface area contributed by atoms with Crippen LogP contribution in [0, 0.1) is 5.82 Å². The van der Waals surface area contributed by atoms with Crippen molar-refractivity contribution in [1.29, 1.82) is 0 Å². The van der Waals surface area contributed by atoms with Gasteiger partial charge in [0.25, 0.3) is 6.43 Å². The zero-order chi connectivity index (χ0) is 13.9. The summed E-state index contributed by atoms with van der Waals surface area (Å²) in [5.74, 6) is 8.94. The average molecular weight is 264 g/mol. The third-order valence-corrected chi connectivity index (χ3v) is 2.26. The molecule has 0 radical (unpaired) electrons. The molecular weight excluding hydrogens is 253 g/mol. The predicted molar refractivity (Wildman–Crippen MR) is 56.7 cm³/mol. The van der Waals surface area contributed by atoms with Gasteiger partial charge in [0, 0.05) is 5.56 Å². The van der Waals surface area contributed by atoms with Crippen molar-refractivity contribution in [2.45, 2.75) is 13.0 Å². The van der Waals surface area contributed by atoms with Crippen LogP contribution in [0.5, 0.6) is 0 Å². The molecule has 1 aromatic carbocycles. The highest BCUT2D eigenvalue weighted by molar-refractivity contribution is 5.91. The van der Waals surface area contributed by atoms with Crippen molar-refractivity contribution in [3.05, 3.63) is 29.1 Å². The van der Waals surface area contributed by atoms with Crippen LogP contribution in [0.1, 0.15) is 17.6 Å². The minimum Gasteiger partial charge on any atom is -0.392 e. The minimum absolute atomic E-state index is 0.267. The molecule has 0 aromatic heterocycles. The van der Waals surface area contributed by atoms with Gasteiger partial charge in [0.1, 0.15) is 5.82 Å². The Morgan fingerprint density at radius 1 is 1.50 bits per heavy atom. The Bertz CT molecular complexity index is 456. The molecule has 0 aliphatic heterocycles. The third kappa shape index (κ3) is 2.53. The van der Waals surface area contributed by atoms with E-state index >= 15 is 0 Å². The van der Waals surface area contributed by atoms with Gasteiger partial charge in [0.05, 0.1) is 17.9 Å². The Balaban J connectivity index is 3.37. The Morgan fingerprint density at radius 2 is 2.11 bits per heavy atom. The second-order valence-electron chi connectivity index (χ2n) is 3.24. The number of carbonyl (C=O) groups is 1. The molecule has 0 bridgehead atoms. The molecule has 0 saturated heterocycles. The highest BCUT2D eigenvalue weighted by Gasteiger charge is 2.24. The number of halogens is 3. The number of nitrogens with zero attached hydrogens (tertiary/aromatic N) is 1. The zero-order valence-corrected chi connectivity index (χ0v) is 9.03. The number of rotatable bonds is 3. The second kappa shape index (κ2) is 5.67. The molecule has 6 N–H and O–H groups in total. The normalized spacial score (nSPS) is 10.6. The number of anilines is 1. The molecule has 0 atom stereocenters. The first-order valence-corrected chi connectivity index (χ1v) is 4.69. The van der Waals surface area contributed by atoms with E-state index in [9.17, 15) is 18.0 Å². The highest BCUT2D eigenvalue weighted by atomic mass is 19.3. The number of nitrogens with two attached hydrogens (primary N) is 2. The van der Waals surface area contributed by atoms with Crippen LogP contribution in [-0.2, 0) is 6.61 Å². The molecule has 0 saturated carbocycles. The average Bonchev–Trinajstić information content (AvgIpc) is 2.35. The Labute approximate surface area is 99.9 Å². The summed E-state index contributed by atoms with van der Waals surface area (Å²) in [4.78, 5) is 11.1. The molecule has 100 valence electrons. The van der Waals surface area contributed by atoms with E-state index in [-0.39, 0.29) is 5.69 Å². The van der Waals surface area contributed by atoms with Crippen molar-refractivity contribution >= 4 is 11.7 Å². The summed E-state index contributed by atoms with van der Waals surface area (Å²) >= 11 is 0. The predicted octanol–water partition coefficient (Wildman–Crippen LogP) is 0.519. The number of aliphatic hydroxyl groups is 1. The molecule has 0 heterocycles. The number of urea groups is 1. The summed E-state index contributed by atoms with van der Waals surface area (Å²) in [5.41, 5.74) is -0.0698. The monoisotopic (exact) mass is 264 g/mol. The highest BCUT2D eigenvalue weighted by Crippen LogP contribution is 2.32. The third-order valence-electron chi connectivity index (χ3n) is 2.26. The lowest BCUT2D eigenvalue weighted by atomic mass is 10.1. The zero-order valence-electron chi connectivity index (χ0n) is 9.03. The molecule has 0 spiro atoms. The van der Waals surface area contributed by atoms with E-state index in [1.807, 2.05) is 0 Å². The van der Waals surface area contributed by atoms with E-state index in [2.05, 4.69) is 0 Å². The van der Waals surface area contributed by atoms with Crippen LogP contribution >= 0.6 is 0 Å². The van der Waals surface area contributed by atoms with Crippen LogP contribution in [0.15, 0.2) is 12.1 Å². The van der Waals surface area contributed by atoms with Crippen LogP contribution in [0.2, 0.25) is 0 Å². The molecule has 1 aromatic rings. The van der Waals surface area contributed by atoms with Gasteiger partial charge in [0.15, 0.2) is 0 Å². The largest absolute Gasteiger partial charge is 0.392 e. The second-order valence-corrected chi connectivity index (χ2v) is 3.24. The van der Waals surface area contributed by atoms with Crippen molar-refractivity contribution in [1.82, 2.24) is 5.43 Å². The maximum Gasteiger partial charge on any atom is 0.350 e. The maximum atomic E-state index is 13.2. The maximum absolute atomic E-state index is 13.2. The Hall–Kier alpha value is -1.84. The lowest BCUT2D eigenvalue weighted by molar-refractivity contribution is 0.142. The van der Waals surface area contributed by atoms with E-state index in [4.69, 9.17) is 16.8 Å². The van der Waals surface area contributed by atoms with Gasteiger partial charge < -0.3 is 5.11 Å². The number of hydrogen-bond donors (Lipinski definition) is 4. The molecular formula is C9H11F3N4O2. The van der Waals surface area contributed by atoms with Crippen molar-refractivity contribution in [2.24, 2.45) is 11.7 Å². The van der Waals surface area contributed by atoms with Crippen molar-refractivity contribution in [3.63, 3.8) is 0 Å². The van der Waals surface area contributed by atoms with E-state index in [0.29, 0.717) is 5.01 Å². The van der Waals surface area contributed by atoms with Gasteiger partial charge in [-0.2, -0.15) is 0 Å². The SMILES string of the molecule is NNC(=O)N(N)c1ccc(F)c(C(F)F)c1CO. The lowest BCUT2D eigenvalue weighted by Crippen LogP contribution is -2.48. The van der Waals surface area contributed by atoms with Crippen LogP contribution in [0.3, 0.4) is 0 Å². The molecule has 0 fully saturated rings. The van der Waals surface area contributed by atoms with Gasteiger partial charge in [-0.25, -0.2) is 34.7 Å². The summed E-state index contributed by atoms with van der Waals surface area (Å²) in [5, 5.41) is 9.43. The number of carbonyl (C=O) groups excluding carboxylic acids is 1. The number of alkyl halides is 2. The van der Waals surface area contributed by atoms with Crippen LogP contribution in [0.25, 0.3) is 0 Å². The van der Waals surface area contributed by atoms with Crippen LogP contribution in [-0.4, -0.2) is 11.1 Å². The van der Waals surface area contributed by atoms with E-state index in [1.165, 1.54) is 0 Å². The standard InChI is InChI=1S/C9H11F3N4O2/c10-5-1-2-6(16(14)9(18)15-13)4(3-17)7(5)8(11)12/h1-2,8,17H,3,13-14H2,(H,15,18).